The monoisotopic (exact) mass is 718 g/mol. The van der Waals surface area contributed by atoms with Crippen LogP contribution in [0.3, 0.4) is 0 Å². The van der Waals surface area contributed by atoms with Gasteiger partial charge in [0.05, 0.1) is 11.8 Å². The highest BCUT2D eigenvalue weighted by Gasteiger charge is 2.69. The zero-order chi connectivity index (χ0) is 37.0. The summed E-state index contributed by atoms with van der Waals surface area (Å²) in [5.74, 6) is -3.77. The summed E-state index contributed by atoms with van der Waals surface area (Å²) < 4.78 is 37.0. The number of carbonyl (C=O) groups is 2. The van der Waals surface area contributed by atoms with Crippen LogP contribution in [0.2, 0.25) is 0 Å². The molecule has 0 bridgehead atoms. The average molecular weight is 719 g/mol. The van der Waals surface area contributed by atoms with Crippen molar-refractivity contribution in [1.82, 2.24) is 0 Å². The fraction of sp³-hybridized carbons (Fsp3) is 0.217. The van der Waals surface area contributed by atoms with E-state index in [-0.39, 0.29) is 36.6 Å². The number of benzene rings is 5. The van der Waals surface area contributed by atoms with E-state index in [1.807, 2.05) is 158 Å². The molecule has 9 rings (SSSR count). The molecular formula is C46H38O8. The van der Waals surface area contributed by atoms with Crippen molar-refractivity contribution in [2.24, 2.45) is 11.8 Å². The minimum atomic E-state index is -1.13. The Hall–Kier alpha value is -5.96. The van der Waals surface area contributed by atoms with Crippen LogP contribution in [0.1, 0.15) is 47.2 Å². The summed E-state index contributed by atoms with van der Waals surface area (Å²) in [5, 5.41) is 0. The number of carbonyl (C=O) groups excluding carboxylic acids is 2. The maximum atomic E-state index is 13.1. The lowest BCUT2D eigenvalue weighted by Gasteiger charge is -2.60. The number of hydrogen-bond donors (Lipinski definition) is 0. The third-order valence-electron chi connectivity index (χ3n) is 11.0. The van der Waals surface area contributed by atoms with Crippen molar-refractivity contribution in [3.05, 3.63) is 203 Å². The van der Waals surface area contributed by atoms with Gasteiger partial charge in [0.1, 0.15) is 24.4 Å². The molecule has 0 aliphatic carbocycles. The van der Waals surface area contributed by atoms with Gasteiger partial charge >= 0.3 is 11.9 Å². The van der Waals surface area contributed by atoms with Crippen molar-refractivity contribution < 1.29 is 38.0 Å². The second kappa shape index (κ2) is 12.9. The number of esters is 2. The van der Waals surface area contributed by atoms with Gasteiger partial charge in [-0.15, -0.1) is 0 Å². The van der Waals surface area contributed by atoms with Crippen LogP contribution in [0.4, 0.5) is 0 Å². The van der Waals surface area contributed by atoms with Crippen LogP contribution in [0.5, 0.6) is 0 Å². The molecule has 5 aromatic carbocycles. The first kappa shape index (κ1) is 33.8. The number of fused-ring (bicyclic) bond motifs is 2. The molecule has 4 unspecified atom stereocenters. The van der Waals surface area contributed by atoms with E-state index >= 15 is 0 Å². The average Bonchev–Trinajstić information content (AvgIpc) is 3.19. The first-order valence-corrected chi connectivity index (χ1v) is 18.1. The highest BCUT2D eigenvalue weighted by atomic mass is 16.8. The first-order valence-electron chi connectivity index (χ1n) is 18.1. The van der Waals surface area contributed by atoms with E-state index in [0.717, 1.165) is 33.4 Å². The third kappa shape index (κ3) is 5.36. The molecule has 2 fully saturated rings. The molecule has 0 amide bonds. The van der Waals surface area contributed by atoms with Crippen LogP contribution in [0.15, 0.2) is 169 Å². The Labute approximate surface area is 313 Å². The Morgan fingerprint density at radius 2 is 0.759 bits per heavy atom. The quantitative estimate of drug-likeness (QED) is 0.134. The van der Waals surface area contributed by atoms with Crippen molar-refractivity contribution in [3.8, 4) is 0 Å². The van der Waals surface area contributed by atoms with E-state index in [9.17, 15) is 9.59 Å². The Balaban J connectivity index is 0.902. The fourth-order valence-electron chi connectivity index (χ4n) is 8.43. The topological polar surface area (TPSA) is 89.5 Å². The summed E-state index contributed by atoms with van der Waals surface area (Å²) in [6, 6.07) is 47.5. The largest absolute Gasteiger partial charge is 0.482 e. The number of hydrogen-bond acceptors (Lipinski definition) is 8. The second-order valence-electron chi connectivity index (χ2n) is 14.4. The highest BCUT2D eigenvalue weighted by Crippen LogP contribution is 2.61. The zero-order valence-corrected chi connectivity index (χ0v) is 29.8. The van der Waals surface area contributed by atoms with Crippen LogP contribution in [-0.4, -0.2) is 23.5 Å². The Bertz CT molecular complexity index is 2010. The van der Waals surface area contributed by atoms with Gasteiger partial charge in [0, 0.05) is 13.8 Å². The Morgan fingerprint density at radius 3 is 1.06 bits per heavy atom. The molecule has 8 nitrogen and oxygen atoms in total. The molecule has 4 atom stereocenters. The maximum Gasteiger partial charge on any atom is 0.375 e. The van der Waals surface area contributed by atoms with Crippen LogP contribution >= 0.6 is 0 Å². The molecule has 0 saturated carbocycles. The molecule has 4 aliphatic rings. The molecule has 4 aliphatic heterocycles. The van der Waals surface area contributed by atoms with Crippen LogP contribution < -0.4 is 0 Å². The van der Waals surface area contributed by atoms with E-state index in [1.165, 1.54) is 0 Å². The van der Waals surface area contributed by atoms with Gasteiger partial charge in [-0.3, -0.25) is 0 Å². The van der Waals surface area contributed by atoms with Crippen LogP contribution in [-0.2, 0) is 62.4 Å². The third-order valence-corrected chi connectivity index (χ3v) is 11.0. The Kier molecular flexibility index (Phi) is 8.06. The van der Waals surface area contributed by atoms with E-state index in [2.05, 4.69) is 0 Å². The normalized spacial score (nSPS) is 25.9. The molecule has 54 heavy (non-hydrogen) atoms. The van der Waals surface area contributed by atoms with Gasteiger partial charge in [0.25, 0.3) is 0 Å². The SMILES string of the molecule is CC12OC(=O)C(OCc3ccc(COC4=CC5C(C)(OC4=O)OC5(c4ccccc4)c4ccccc4)cc3)=CC1C(c1ccccc1)(c1ccccc1)O2. The minimum absolute atomic E-state index is 0.140. The van der Waals surface area contributed by atoms with Gasteiger partial charge < -0.3 is 28.4 Å². The lowest BCUT2D eigenvalue weighted by molar-refractivity contribution is -0.389. The van der Waals surface area contributed by atoms with Crippen molar-refractivity contribution >= 4 is 11.9 Å². The second-order valence-corrected chi connectivity index (χ2v) is 14.4. The first-order chi connectivity index (χ1) is 26.2. The summed E-state index contributed by atoms with van der Waals surface area (Å²) in [6.45, 7) is 3.88. The molecule has 0 aromatic heterocycles. The molecule has 0 spiro atoms. The molecular weight excluding hydrogens is 680 g/mol. The predicted molar refractivity (Wildman–Crippen MR) is 198 cm³/mol. The van der Waals surface area contributed by atoms with Crippen molar-refractivity contribution in [2.45, 2.75) is 49.8 Å². The van der Waals surface area contributed by atoms with E-state index in [1.54, 1.807) is 13.8 Å². The number of rotatable bonds is 10. The van der Waals surface area contributed by atoms with Gasteiger partial charge in [-0.2, -0.15) is 0 Å². The molecule has 8 heteroatoms. The summed E-state index contributed by atoms with van der Waals surface area (Å²) in [6.07, 6.45) is 3.69. The van der Waals surface area contributed by atoms with Crippen molar-refractivity contribution in [3.63, 3.8) is 0 Å². The molecule has 2 saturated heterocycles. The van der Waals surface area contributed by atoms with E-state index < -0.39 is 34.7 Å². The Morgan fingerprint density at radius 1 is 0.463 bits per heavy atom. The van der Waals surface area contributed by atoms with Crippen molar-refractivity contribution in [2.75, 3.05) is 0 Å². The molecule has 4 heterocycles. The van der Waals surface area contributed by atoms with Crippen LogP contribution in [0, 0.1) is 11.8 Å². The summed E-state index contributed by atoms with van der Waals surface area (Å²) in [4.78, 5) is 26.2. The smallest absolute Gasteiger partial charge is 0.375 e. The standard InChI is InChI=1S/C46H38O8/c1-43-39(45(53-43,33-15-7-3-8-16-33)34-17-9-4-10-18-34)27-37(41(47)51-43)49-29-31-23-25-32(26-24-31)30-50-38-28-40-44(2,52-42(38)48)54-46(40,35-19-11-5-12-20-35)36-21-13-6-14-22-36/h3-28,39-40H,29-30H2,1-2H3. The molecule has 0 N–H and O–H groups in total. The van der Waals surface area contributed by atoms with Gasteiger partial charge in [0.2, 0.25) is 23.1 Å². The minimum Gasteiger partial charge on any atom is -0.482 e. The molecule has 0 radical (unpaired) electrons. The van der Waals surface area contributed by atoms with Gasteiger partial charge in [0.15, 0.2) is 0 Å². The zero-order valence-electron chi connectivity index (χ0n) is 29.8. The highest BCUT2D eigenvalue weighted by molar-refractivity contribution is 5.88. The lowest BCUT2D eigenvalue weighted by Crippen LogP contribution is -2.68. The maximum absolute atomic E-state index is 13.1. The van der Waals surface area contributed by atoms with Crippen molar-refractivity contribution in [1.29, 1.82) is 0 Å². The molecule has 270 valence electrons. The summed E-state index contributed by atoms with van der Waals surface area (Å²) in [7, 11) is 0. The lowest BCUT2D eigenvalue weighted by atomic mass is 9.66. The van der Waals surface area contributed by atoms with Gasteiger partial charge in [-0.05, 0) is 45.5 Å². The summed E-state index contributed by atoms with van der Waals surface area (Å²) >= 11 is 0. The van der Waals surface area contributed by atoms with Gasteiger partial charge in [-0.1, -0.05) is 146 Å². The molecule has 5 aromatic rings. The number of ether oxygens (including phenoxy) is 6. The fourth-order valence-corrected chi connectivity index (χ4v) is 8.43. The predicted octanol–water partition coefficient (Wildman–Crippen LogP) is 8.21. The van der Waals surface area contributed by atoms with Crippen LogP contribution in [0.25, 0.3) is 0 Å². The summed E-state index contributed by atoms with van der Waals surface area (Å²) in [5.41, 5.74) is 3.85. The van der Waals surface area contributed by atoms with E-state index in [0.29, 0.717) is 0 Å². The van der Waals surface area contributed by atoms with Gasteiger partial charge in [-0.25, -0.2) is 9.59 Å². The van der Waals surface area contributed by atoms with E-state index in [4.69, 9.17) is 28.4 Å².